The van der Waals surface area contributed by atoms with Gasteiger partial charge in [-0.2, -0.15) is 0 Å². The Morgan fingerprint density at radius 2 is 2.08 bits per heavy atom. The predicted octanol–water partition coefficient (Wildman–Crippen LogP) is 1.09. The lowest BCUT2D eigenvalue weighted by molar-refractivity contribution is 0.399. The maximum atomic E-state index is 4.95. The molecule has 2 rings (SSSR count). The molecule has 0 aliphatic rings. The summed E-state index contributed by atoms with van der Waals surface area (Å²) in [6.45, 7) is 3.74. The molecule has 0 bridgehead atoms. The van der Waals surface area contributed by atoms with Gasteiger partial charge >= 0.3 is 0 Å². The van der Waals surface area contributed by atoms with Gasteiger partial charge in [-0.15, -0.1) is 10.2 Å². The van der Waals surface area contributed by atoms with E-state index in [0.717, 1.165) is 23.1 Å². The Morgan fingerprint density at radius 3 is 2.54 bits per heavy atom. The van der Waals surface area contributed by atoms with Crippen molar-refractivity contribution in [3.63, 3.8) is 0 Å². The highest BCUT2D eigenvalue weighted by Crippen LogP contribution is 2.15. The van der Waals surface area contributed by atoms with Crippen LogP contribution in [0.3, 0.4) is 0 Å². The zero-order chi connectivity index (χ0) is 9.42. The first-order valence-corrected chi connectivity index (χ1v) is 3.98. The summed E-state index contributed by atoms with van der Waals surface area (Å²) in [6.07, 6.45) is 0. The molecule has 5 heteroatoms. The van der Waals surface area contributed by atoms with Crippen LogP contribution in [0.15, 0.2) is 10.6 Å². The summed E-state index contributed by atoms with van der Waals surface area (Å²) in [5, 5.41) is 11.8. The van der Waals surface area contributed by atoms with Gasteiger partial charge in [0.15, 0.2) is 11.5 Å². The van der Waals surface area contributed by atoms with Crippen LogP contribution < -0.4 is 0 Å². The van der Waals surface area contributed by atoms with Crippen molar-refractivity contribution in [3.05, 3.63) is 17.7 Å². The molecule has 0 spiro atoms. The number of hydrogen-bond donors (Lipinski definition) is 0. The molecule has 5 nitrogen and oxygen atoms in total. The SMILES string of the molecule is Cc1cc(-c2nnc(C)n2C)no1. The summed E-state index contributed by atoms with van der Waals surface area (Å²) in [5.41, 5.74) is 0.723. The van der Waals surface area contributed by atoms with E-state index in [1.807, 2.05) is 31.5 Å². The average molecular weight is 178 g/mol. The Labute approximate surface area is 75.4 Å². The highest BCUT2D eigenvalue weighted by atomic mass is 16.5. The zero-order valence-corrected chi connectivity index (χ0v) is 7.77. The van der Waals surface area contributed by atoms with Crippen molar-refractivity contribution in [3.8, 4) is 11.5 Å². The van der Waals surface area contributed by atoms with E-state index < -0.39 is 0 Å². The van der Waals surface area contributed by atoms with Crippen molar-refractivity contribution in [2.24, 2.45) is 7.05 Å². The van der Waals surface area contributed by atoms with Crippen LogP contribution in [0.25, 0.3) is 11.5 Å². The minimum atomic E-state index is 0.723. The molecule has 0 saturated heterocycles. The smallest absolute Gasteiger partial charge is 0.185 e. The number of aromatic nitrogens is 4. The van der Waals surface area contributed by atoms with E-state index in [2.05, 4.69) is 15.4 Å². The molecule has 0 aromatic carbocycles. The van der Waals surface area contributed by atoms with Gasteiger partial charge in [0.05, 0.1) is 0 Å². The second-order valence-corrected chi connectivity index (χ2v) is 2.95. The molecular formula is C8H10N4O. The minimum absolute atomic E-state index is 0.723. The number of aryl methyl sites for hydroxylation is 2. The predicted molar refractivity (Wildman–Crippen MR) is 46.0 cm³/mol. The molecule has 0 aliphatic heterocycles. The molecule has 0 N–H and O–H groups in total. The van der Waals surface area contributed by atoms with E-state index in [9.17, 15) is 0 Å². The molecule has 0 saturated carbocycles. The van der Waals surface area contributed by atoms with Gasteiger partial charge in [0.1, 0.15) is 11.6 Å². The maximum absolute atomic E-state index is 4.95. The van der Waals surface area contributed by atoms with E-state index >= 15 is 0 Å². The van der Waals surface area contributed by atoms with Gasteiger partial charge in [-0.05, 0) is 13.8 Å². The van der Waals surface area contributed by atoms with Crippen LogP contribution in [0, 0.1) is 13.8 Å². The fourth-order valence-corrected chi connectivity index (χ4v) is 1.10. The van der Waals surface area contributed by atoms with Crippen molar-refractivity contribution in [1.82, 2.24) is 19.9 Å². The molecule has 0 unspecified atom stereocenters. The molecule has 0 radical (unpaired) electrons. The first kappa shape index (κ1) is 7.97. The highest BCUT2D eigenvalue weighted by Gasteiger charge is 2.11. The standard InChI is InChI=1S/C8H10N4O/c1-5-4-7(11-13-5)8-10-9-6(2)12(8)3/h4H,1-3H3. The summed E-state index contributed by atoms with van der Waals surface area (Å²) < 4.78 is 6.82. The lowest BCUT2D eigenvalue weighted by Gasteiger charge is -1.94. The first-order valence-electron chi connectivity index (χ1n) is 3.98. The van der Waals surface area contributed by atoms with E-state index in [1.54, 1.807) is 0 Å². The molecule has 0 fully saturated rings. The molecule has 2 aromatic heterocycles. The molecular weight excluding hydrogens is 168 g/mol. The first-order chi connectivity index (χ1) is 6.18. The highest BCUT2D eigenvalue weighted by molar-refractivity contribution is 5.48. The summed E-state index contributed by atoms with van der Waals surface area (Å²) in [7, 11) is 1.90. The van der Waals surface area contributed by atoms with Crippen LogP contribution in [-0.4, -0.2) is 19.9 Å². The normalized spacial score (nSPS) is 10.7. The summed E-state index contributed by atoms with van der Waals surface area (Å²) in [4.78, 5) is 0. The fourth-order valence-electron chi connectivity index (χ4n) is 1.10. The molecule has 0 atom stereocenters. The summed E-state index contributed by atoms with van der Waals surface area (Å²) in [6, 6.07) is 1.84. The fraction of sp³-hybridized carbons (Fsp3) is 0.375. The van der Waals surface area contributed by atoms with Crippen LogP contribution in [0.4, 0.5) is 0 Å². The van der Waals surface area contributed by atoms with Gasteiger partial charge in [0, 0.05) is 13.1 Å². The summed E-state index contributed by atoms with van der Waals surface area (Å²) >= 11 is 0. The van der Waals surface area contributed by atoms with Gasteiger partial charge in [0.2, 0.25) is 0 Å². The quantitative estimate of drug-likeness (QED) is 0.655. The van der Waals surface area contributed by atoms with Crippen LogP contribution in [0.2, 0.25) is 0 Å². The molecule has 0 aliphatic carbocycles. The van der Waals surface area contributed by atoms with Crippen molar-refractivity contribution in [2.45, 2.75) is 13.8 Å². The molecule has 2 heterocycles. The van der Waals surface area contributed by atoms with E-state index in [-0.39, 0.29) is 0 Å². The Balaban J connectivity index is 2.52. The topological polar surface area (TPSA) is 56.7 Å². The number of nitrogens with zero attached hydrogens (tertiary/aromatic N) is 4. The molecule has 2 aromatic rings. The Kier molecular flexibility index (Phi) is 1.65. The van der Waals surface area contributed by atoms with Crippen LogP contribution in [0.1, 0.15) is 11.6 Å². The van der Waals surface area contributed by atoms with Gasteiger partial charge in [-0.3, -0.25) is 0 Å². The Hall–Kier alpha value is -1.65. The largest absolute Gasteiger partial charge is 0.361 e. The van der Waals surface area contributed by atoms with E-state index in [0.29, 0.717) is 0 Å². The average Bonchev–Trinajstić information content (AvgIpc) is 2.62. The minimum Gasteiger partial charge on any atom is -0.361 e. The van der Waals surface area contributed by atoms with Crippen molar-refractivity contribution in [2.75, 3.05) is 0 Å². The number of rotatable bonds is 1. The Bertz CT molecular complexity index is 429. The monoisotopic (exact) mass is 178 g/mol. The van der Waals surface area contributed by atoms with Crippen molar-refractivity contribution < 1.29 is 4.52 Å². The summed E-state index contributed by atoms with van der Waals surface area (Å²) in [5.74, 6) is 2.36. The van der Waals surface area contributed by atoms with E-state index in [4.69, 9.17) is 4.52 Å². The third-order valence-electron chi connectivity index (χ3n) is 1.95. The number of hydrogen-bond acceptors (Lipinski definition) is 4. The van der Waals surface area contributed by atoms with Gasteiger partial charge < -0.3 is 9.09 Å². The molecule has 68 valence electrons. The zero-order valence-electron chi connectivity index (χ0n) is 7.77. The third kappa shape index (κ3) is 1.22. The third-order valence-corrected chi connectivity index (χ3v) is 1.95. The Morgan fingerprint density at radius 1 is 1.31 bits per heavy atom. The van der Waals surface area contributed by atoms with Crippen molar-refractivity contribution in [1.29, 1.82) is 0 Å². The van der Waals surface area contributed by atoms with Crippen LogP contribution >= 0.6 is 0 Å². The van der Waals surface area contributed by atoms with Gasteiger partial charge in [-0.25, -0.2) is 0 Å². The van der Waals surface area contributed by atoms with E-state index in [1.165, 1.54) is 0 Å². The van der Waals surface area contributed by atoms with Crippen molar-refractivity contribution >= 4 is 0 Å². The van der Waals surface area contributed by atoms with Gasteiger partial charge in [-0.1, -0.05) is 5.16 Å². The lowest BCUT2D eigenvalue weighted by atomic mass is 10.3. The molecule has 13 heavy (non-hydrogen) atoms. The second-order valence-electron chi connectivity index (χ2n) is 2.95. The molecule has 0 amide bonds. The lowest BCUT2D eigenvalue weighted by Crippen LogP contribution is -1.94. The maximum Gasteiger partial charge on any atom is 0.185 e. The van der Waals surface area contributed by atoms with Gasteiger partial charge in [0.25, 0.3) is 0 Å². The van der Waals surface area contributed by atoms with Crippen LogP contribution in [-0.2, 0) is 7.05 Å². The van der Waals surface area contributed by atoms with Crippen LogP contribution in [0.5, 0.6) is 0 Å². The second kappa shape index (κ2) is 2.69.